The molecule has 0 bridgehead atoms. The van der Waals surface area contributed by atoms with Crippen molar-refractivity contribution in [1.29, 1.82) is 0 Å². The number of hydrogen-bond donors (Lipinski definition) is 0. The quantitative estimate of drug-likeness (QED) is 0.621. The first-order valence-electron chi connectivity index (χ1n) is 8.56. The van der Waals surface area contributed by atoms with Gasteiger partial charge in [0.1, 0.15) is 0 Å². The van der Waals surface area contributed by atoms with Gasteiger partial charge in [-0.2, -0.15) is 0 Å². The summed E-state index contributed by atoms with van der Waals surface area (Å²) in [5, 5.41) is 0. The molecule has 0 atom stereocenters. The fourth-order valence-corrected chi connectivity index (χ4v) is 1.99. The molecule has 24 heavy (non-hydrogen) atoms. The molecule has 0 saturated carbocycles. The van der Waals surface area contributed by atoms with Crippen LogP contribution < -0.4 is 0 Å². The molecular weight excluding hydrogens is 292 g/mol. The first kappa shape index (κ1) is 19.6. The Kier molecular flexibility index (Phi) is 10.6. The van der Waals surface area contributed by atoms with Crippen LogP contribution in [0.5, 0.6) is 0 Å². The molecule has 0 aliphatic rings. The van der Waals surface area contributed by atoms with Crippen LogP contribution in [-0.2, 0) is 12.8 Å². The van der Waals surface area contributed by atoms with Crippen LogP contribution in [0.25, 0.3) is 0 Å². The van der Waals surface area contributed by atoms with E-state index in [1.807, 2.05) is 49.6 Å². The smallest absolute Gasteiger partial charge is 0.0400 e. The molecule has 2 heteroatoms. The minimum absolute atomic E-state index is 1.03. The van der Waals surface area contributed by atoms with Crippen molar-refractivity contribution >= 4 is 0 Å². The molecule has 0 fully saturated rings. The summed E-state index contributed by atoms with van der Waals surface area (Å²) in [6, 6.07) is 20.5. The van der Waals surface area contributed by atoms with Crippen LogP contribution in [-0.4, -0.2) is 9.97 Å². The number of hydrogen-bond acceptors (Lipinski definition) is 2. The van der Waals surface area contributed by atoms with Crippen LogP contribution in [0.15, 0.2) is 79.3 Å². The Labute approximate surface area is 146 Å². The van der Waals surface area contributed by atoms with Crippen molar-refractivity contribution in [3.8, 4) is 0 Å². The molecule has 2 aromatic heterocycles. The van der Waals surface area contributed by atoms with Crippen LogP contribution in [0.2, 0.25) is 0 Å². The number of benzene rings is 1. The van der Waals surface area contributed by atoms with E-state index in [-0.39, 0.29) is 0 Å². The number of pyridine rings is 2. The molecule has 0 saturated heterocycles. The summed E-state index contributed by atoms with van der Waals surface area (Å²) >= 11 is 0. The number of rotatable bonds is 3. The van der Waals surface area contributed by atoms with Crippen LogP contribution in [0.4, 0.5) is 0 Å². The van der Waals surface area contributed by atoms with Crippen molar-refractivity contribution in [1.82, 2.24) is 9.97 Å². The largest absolute Gasteiger partial charge is 0.264 e. The first-order valence-corrected chi connectivity index (χ1v) is 8.56. The number of aromatic nitrogens is 2. The molecule has 0 unspecified atom stereocenters. The Bertz CT molecular complexity index is 622. The average molecular weight is 320 g/mol. The zero-order valence-corrected chi connectivity index (χ0v) is 15.0. The summed E-state index contributed by atoms with van der Waals surface area (Å²) in [5.41, 5.74) is 3.81. The second-order valence-corrected chi connectivity index (χ2v) is 5.44. The third kappa shape index (κ3) is 9.52. The lowest BCUT2D eigenvalue weighted by atomic mass is 10.1. The van der Waals surface area contributed by atoms with E-state index in [2.05, 4.69) is 54.1 Å². The zero-order valence-electron chi connectivity index (χ0n) is 15.0. The van der Waals surface area contributed by atoms with E-state index in [0.717, 1.165) is 12.1 Å². The standard InChI is InChI=1S/C9H12.C7H9N.C6H7N/c1-2-6-9-7-4-3-5-8-9;1-2-7-5-3-4-6-8-7;1-6-3-2-4-7-5-6/h3-5,7-8H,2,6H2,1H3;3-6H,2H2,1H3;2-5H,1H3. The van der Waals surface area contributed by atoms with Gasteiger partial charge < -0.3 is 0 Å². The maximum Gasteiger partial charge on any atom is 0.0400 e. The molecule has 0 N–H and O–H groups in total. The van der Waals surface area contributed by atoms with Gasteiger partial charge in [0.15, 0.2) is 0 Å². The van der Waals surface area contributed by atoms with Crippen molar-refractivity contribution in [2.45, 2.75) is 40.0 Å². The predicted molar refractivity (Wildman–Crippen MR) is 103 cm³/mol. The van der Waals surface area contributed by atoms with Crippen LogP contribution in [0.1, 0.15) is 37.1 Å². The summed E-state index contributed by atoms with van der Waals surface area (Å²) < 4.78 is 0. The predicted octanol–water partition coefficient (Wildman–Crippen LogP) is 5.67. The molecule has 3 rings (SSSR count). The minimum atomic E-state index is 1.03. The molecule has 2 nitrogen and oxygen atoms in total. The van der Waals surface area contributed by atoms with Crippen molar-refractivity contribution in [3.05, 3.63) is 96.1 Å². The molecule has 0 aliphatic heterocycles. The molecule has 0 amide bonds. The van der Waals surface area contributed by atoms with Crippen molar-refractivity contribution in [2.24, 2.45) is 0 Å². The lowest BCUT2D eigenvalue weighted by molar-refractivity contribution is 0.922. The highest BCUT2D eigenvalue weighted by Gasteiger charge is 1.84. The van der Waals surface area contributed by atoms with Crippen molar-refractivity contribution in [3.63, 3.8) is 0 Å². The number of aryl methyl sites for hydroxylation is 3. The highest BCUT2D eigenvalue weighted by molar-refractivity contribution is 5.14. The topological polar surface area (TPSA) is 25.8 Å². The molecule has 0 spiro atoms. The van der Waals surface area contributed by atoms with Gasteiger partial charge in [0, 0.05) is 24.3 Å². The summed E-state index contributed by atoms with van der Waals surface area (Å²) in [7, 11) is 0. The summed E-state index contributed by atoms with van der Waals surface area (Å²) in [5.74, 6) is 0. The second kappa shape index (κ2) is 13.0. The van der Waals surface area contributed by atoms with Crippen molar-refractivity contribution < 1.29 is 0 Å². The maximum atomic E-state index is 4.10. The molecular formula is C22H28N2. The van der Waals surface area contributed by atoms with Gasteiger partial charge in [-0.05, 0) is 49.1 Å². The van der Waals surface area contributed by atoms with Gasteiger partial charge in [0.05, 0.1) is 0 Å². The molecule has 2 heterocycles. The van der Waals surface area contributed by atoms with Crippen LogP contribution in [0.3, 0.4) is 0 Å². The Hall–Kier alpha value is -2.48. The SMILES string of the molecule is CCCc1ccccc1.CCc1ccccn1.Cc1cccnc1. The molecule has 0 radical (unpaired) electrons. The van der Waals surface area contributed by atoms with E-state index in [4.69, 9.17) is 0 Å². The Morgan fingerprint density at radius 3 is 1.96 bits per heavy atom. The van der Waals surface area contributed by atoms with Gasteiger partial charge in [0.2, 0.25) is 0 Å². The Balaban J connectivity index is 0.000000181. The summed E-state index contributed by atoms with van der Waals surface area (Å²) in [6.45, 7) is 6.32. The summed E-state index contributed by atoms with van der Waals surface area (Å²) in [6.07, 6.45) is 8.90. The highest BCUT2D eigenvalue weighted by Crippen LogP contribution is 2.00. The molecule has 126 valence electrons. The molecule has 3 aromatic rings. The fraction of sp³-hybridized carbons (Fsp3) is 0.273. The molecule has 0 aliphatic carbocycles. The van der Waals surface area contributed by atoms with Crippen LogP contribution in [0, 0.1) is 6.92 Å². The maximum absolute atomic E-state index is 4.10. The Morgan fingerprint density at radius 1 is 0.792 bits per heavy atom. The van der Waals surface area contributed by atoms with E-state index in [9.17, 15) is 0 Å². The Morgan fingerprint density at radius 2 is 1.54 bits per heavy atom. The summed E-state index contributed by atoms with van der Waals surface area (Å²) in [4.78, 5) is 7.98. The van der Waals surface area contributed by atoms with E-state index >= 15 is 0 Å². The van der Waals surface area contributed by atoms with E-state index in [1.165, 1.54) is 24.0 Å². The van der Waals surface area contributed by atoms with E-state index in [1.54, 1.807) is 6.20 Å². The van der Waals surface area contributed by atoms with Crippen molar-refractivity contribution in [2.75, 3.05) is 0 Å². The lowest BCUT2D eigenvalue weighted by Crippen LogP contribution is -1.81. The highest BCUT2D eigenvalue weighted by atomic mass is 14.7. The van der Waals surface area contributed by atoms with Gasteiger partial charge in [0.25, 0.3) is 0 Å². The number of nitrogens with zero attached hydrogens (tertiary/aromatic N) is 2. The normalized spacial score (nSPS) is 9.12. The van der Waals surface area contributed by atoms with E-state index < -0.39 is 0 Å². The lowest BCUT2D eigenvalue weighted by Gasteiger charge is -1.93. The average Bonchev–Trinajstić information content (AvgIpc) is 2.65. The second-order valence-electron chi connectivity index (χ2n) is 5.44. The van der Waals surface area contributed by atoms with Gasteiger partial charge in [-0.1, -0.05) is 62.7 Å². The van der Waals surface area contributed by atoms with Gasteiger partial charge in [-0.3, -0.25) is 9.97 Å². The van der Waals surface area contributed by atoms with Gasteiger partial charge in [-0.25, -0.2) is 0 Å². The zero-order chi connectivity index (χ0) is 17.5. The monoisotopic (exact) mass is 320 g/mol. The van der Waals surface area contributed by atoms with Gasteiger partial charge >= 0.3 is 0 Å². The van der Waals surface area contributed by atoms with Gasteiger partial charge in [-0.15, -0.1) is 0 Å². The third-order valence-electron chi connectivity index (χ3n) is 3.28. The minimum Gasteiger partial charge on any atom is -0.264 e. The van der Waals surface area contributed by atoms with E-state index in [0.29, 0.717) is 0 Å². The van der Waals surface area contributed by atoms with Crippen LogP contribution >= 0.6 is 0 Å². The first-order chi connectivity index (χ1) is 11.8. The fourth-order valence-electron chi connectivity index (χ4n) is 1.99. The molecule has 1 aromatic carbocycles. The third-order valence-corrected chi connectivity index (χ3v) is 3.28.